The molecular weight excluding hydrogens is 322 g/mol. The lowest BCUT2D eigenvalue weighted by Crippen LogP contribution is -2.39. The van der Waals surface area contributed by atoms with Gasteiger partial charge in [0.25, 0.3) is 5.56 Å². The molecule has 25 heavy (non-hydrogen) atoms. The average molecular weight is 343 g/mol. The Morgan fingerprint density at radius 3 is 2.56 bits per heavy atom. The summed E-state index contributed by atoms with van der Waals surface area (Å²) in [6, 6.07) is 7.21. The standard InChI is InChI=1S/C18H21N3O4/c1-11(18(24)25)10-21(12-7-8-12)16(22)9-15-13-5-3-4-6-14(13)17(23)20(2)19-15/h3-6,11-12H,7-10H2,1-2H3,(H,24,25). The Balaban J connectivity index is 1.89. The van der Waals surface area contributed by atoms with Crippen molar-refractivity contribution < 1.29 is 14.7 Å². The quantitative estimate of drug-likeness (QED) is 0.850. The molecule has 132 valence electrons. The number of aryl methyl sites for hydroxylation is 1. The first-order chi connectivity index (χ1) is 11.9. The first kappa shape index (κ1) is 17.1. The zero-order valence-corrected chi connectivity index (χ0v) is 14.3. The van der Waals surface area contributed by atoms with Gasteiger partial charge in [0, 0.05) is 25.0 Å². The van der Waals surface area contributed by atoms with Gasteiger partial charge in [-0.2, -0.15) is 5.10 Å². The summed E-state index contributed by atoms with van der Waals surface area (Å²) in [5.41, 5.74) is 0.335. The molecule has 1 aromatic heterocycles. The first-order valence-electron chi connectivity index (χ1n) is 8.35. The van der Waals surface area contributed by atoms with Crippen molar-refractivity contribution in [2.45, 2.75) is 32.2 Å². The van der Waals surface area contributed by atoms with E-state index in [9.17, 15) is 14.4 Å². The number of hydrogen-bond donors (Lipinski definition) is 1. The normalized spacial score (nSPS) is 15.1. The fourth-order valence-corrected chi connectivity index (χ4v) is 2.97. The van der Waals surface area contributed by atoms with Crippen molar-refractivity contribution in [3.05, 3.63) is 40.3 Å². The lowest BCUT2D eigenvalue weighted by atomic mass is 10.1. The summed E-state index contributed by atoms with van der Waals surface area (Å²) in [7, 11) is 1.56. The van der Waals surface area contributed by atoms with E-state index in [0.717, 1.165) is 12.8 Å². The molecule has 1 N–H and O–H groups in total. The van der Waals surface area contributed by atoms with E-state index in [0.29, 0.717) is 16.5 Å². The SMILES string of the molecule is CC(CN(C(=O)Cc1nn(C)c(=O)c2ccccc12)C1CC1)C(=O)O. The molecule has 0 radical (unpaired) electrons. The molecule has 1 amide bonds. The molecule has 1 aliphatic carbocycles. The van der Waals surface area contributed by atoms with Gasteiger partial charge < -0.3 is 10.0 Å². The highest BCUT2D eigenvalue weighted by Crippen LogP contribution is 2.28. The number of hydrogen-bond acceptors (Lipinski definition) is 4. The number of benzene rings is 1. The lowest BCUT2D eigenvalue weighted by Gasteiger charge is -2.24. The van der Waals surface area contributed by atoms with Crippen LogP contribution in [-0.2, 0) is 23.1 Å². The summed E-state index contributed by atoms with van der Waals surface area (Å²) in [5.74, 6) is -1.68. The van der Waals surface area contributed by atoms with Crippen LogP contribution in [0.2, 0.25) is 0 Å². The molecule has 0 spiro atoms. The third kappa shape index (κ3) is 3.55. The molecule has 1 saturated carbocycles. The average Bonchev–Trinajstić information content (AvgIpc) is 3.41. The van der Waals surface area contributed by atoms with E-state index in [2.05, 4.69) is 5.10 Å². The Morgan fingerprint density at radius 2 is 1.96 bits per heavy atom. The number of carbonyl (C=O) groups is 2. The van der Waals surface area contributed by atoms with Crippen molar-refractivity contribution in [2.24, 2.45) is 13.0 Å². The predicted octanol–water partition coefficient (Wildman–Crippen LogP) is 1.19. The molecule has 1 atom stereocenters. The van der Waals surface area contributed by atoms with Gasteiger partial charge in [-0.05, 0) is 18.9 Å². The Kier molecular flexibility index (Phi) is 4.57. The smallest absolute Gasteiger partial charge is 0.308 e. The number of aliphatic carboxylic acids is 1. The topological polar surface area (TPSA) is 92.5 Å². The number of carboxylic acids is 1. The van der Waals surface area contributed by atoms with Crippen LogP contribution < -0.4 is 5.56 Å². The summed E-state index contributed by atoms with van der Waals surface area (Å²) in [6.07, 6.45) is 1.86. The maximum atomic E-state index is 12.8. The largest absolute Gasteiger partial charge is 0.481 e. The Bertz CT molecular complexity index is 886. The maximum absolute atomic E-state index is 12.8. The van der Waals surface area contributed by atoms with Crippen LogP contribution in [0.3, 0.4) is 0 Å². The van der Waals surface area contributed by atoms with E-state index in [1.165, 1.54) is 4.68 Å². The Labute approximate surface area is 144 Å². The predicted molar refractivity (Wildman–Crippen MR) is 92.2 cm³/mol. The molecule has 1 aromatic carbocycles. The fourth-order valence-electron chi connectivity index (χ4n) is 2.97. The van der Waals surface area contributed by atoms with Crippen LogP contribution in [0.1, 0.15) is 25.5 Å². The van der Waals surface area contributed by atoms with Gasteiger partial charge in [-0.15, -0.1) is 0 Å². The summed E-state index contributed by atoms with van der Waals surface area (Å²) >= 11 is 0. The second-order valence-electron chi connectivity index (χ2n) is 6.61. The van der Waals surface area contributed by atoms with E-state index >= 15 is 0 Å². The van der Waals surface area contributed by atoms with Crippen molar-refractivity contribution in [3.63, 3.8) is 0 Å². The summed E-state index contributed by atoms with van der Waals surface area (Å²) in [6.45, 7) is 1.80. The molecule has 0 aliphatic heterocycles. The molecule has 0 bridgehead atoms. The van der Waals surface area contributed by atoms with Crippen LogP contribution in [0, 0.1) is 5.92 Å². The molecular formula is C18H21N3O4. The molecule has 7 heteroatoms. The number of carboxylic acid groups (broad SMARTS) is 1. The van der Waals surface area contributed by atoms with Crippen molar-refractivity contribution in [3.8, 4) is 0 Å². The minimum Gasteiger partial charge on any atom is -0.481 e. The van der Waals surface area contributed by atoms with Crippen molar-refractivity contribution in [1.29, 1.82) is 0 Å². The van der Waals surface area contributed by atoms with Gasteiger partial charge in [0.1, 0.15) is 0 Å². The van der Waals surface area contributed by atoms with Gasteiger partial charge in [0.15, 0.2) is 0 Å². The van der Waals surface area contributed by atoms with E-state index < -0.39 is 11.9 Å². The van der Waals surface area contributed by atoms with Crippen LogP contribution >= 0.6 is 0 Å². The second kappa shape index (κ2) is 6.66. The monoisotopic (exact) mass is 343 g/mol. The Hall–Kier alpha value is -2.70. The Morgan fingerprint density at radius 1 is 1.32 bits per heavy atom. The zero-order chi connectivity index (χ0) is 18.1. The van der Waals surface area contributed by atoms with Gasteiger partial charge >= 0.3 is 5.97 Å². The van der Waals surface area contributed by atoms with E-state index in [1.54, 1.807) is 37.1 Å². The third-order valence-corrected chi connectivity index (χ3v) is 4.55. The summed E-state index contributed by atoms with van der Waals surface area (Å²) in [5, 5.41) is 14.6. The number of carbonyl (C=O) groups excluding carboxylic acids is 1. The molecule has 1 fully saturated rings. The van der Waals surface area contributed by atoms with Crippen LogP contribution in [-0.4, -0.2) is 44.3 Å². The number of rotatable bonds is 6. The highest BCUT2D eigenvalue weighted by atomic mass is 16.4. The molecule has 1 heterocycles. The van der Waals surface area contributed by atoms with Crippen molar-refractivity contribution in [1.82, 2.24) is 14.7 Å². The molecule has 1 aliphatic rings. The van der Waals surface area contributed by atoms with E-state index in [1.807, 2.05) is 6.07 Å². The maximum Gasteiger partial charge on any atom is 0.308 e. The number of amides is 1. The van der Waals surface area contributed by atoms with Crippen LogP contribution in [0.4, 0.5) is 0 Å². The van der Waals surface area contributed by atoms with E-state index in [-0.39, 0.29) is 30.5 Å². The van der Waals surface area contributed by atoms with Crippen molar-refractivity contribution >= 4 is 22.6 Å². The van der Waals surface area contributed by atoms with Gasteiger partial charge in [-0.3, -0.25) is 14.4 Å². The van der Waals surface area contributed by atoms with Crippen molar-refractivity contribution in [2.75, 3.05) is 6.54 Å². The molecule has 0 saturated heterocycles. The van der Waals surface area contributed by atoms with Gasteiger partial charge in [-0.25, -0.2) is 4.68 Å². The molecule has 3 rings (SSSR count). The number of fused-ring (bicyclic) bond motifs is 1. The fraction of sp³-hybridized carbons (Fsp3) is 0.444. The van der Waals surface area contributed by atoms with E-state index in [4.69, 9.17) is 5.11 Å². The molecule has 7 nitrogen and oxygen atoms in total. The highest BCUT2D eigenvalue weighted by Gasteiger charge is 2.34. The van der Waals surface area contributed by atoms with Gasteiger partial charge in [0.05, 0.1) is 23.4 Å². The van der Waals surface area contributed by atoms with Crippen LogP contribution in [0.15, 0.2) is 29.1 Å². The van der Waals surface area contributed by atoms with Crippen LogP contribution in [0.5, 0.6) is 0 Å². The summed E-state index contributed by atoms with van der Waals surface area (Å²) in [4.78, 5) is 37.8. The number of nitrogens with zero attached hydrogens (tertiary/aromatic N) is 3. The lowest BCUT2D eigenvalue weighted by molar-refractivity contribution is -0.143. The van der Waals surface area contributed by atoms with Gasteiger partial charge in [0.2, 0.25) is 5.91 Å². The second-order valence-corrected chi connectivity index (χ2v) is 6.61. The number of aromatic nitrogens is 2. The zero-order valence-electron chi connectivity index (χ0n) is 14.3. The molecule has 1 unspecified atom stereocenters. The van der Waals surface area contributed by atoms with Crippen LogP contribution in [0.25, 0.3) is 10.8 Å². The first-order valence-corrected chi connectivity index (χ1v) is 8.35. The highest BCUT2D eigenvalue weighted by molar-refractivity contribution is 5.88. The molecule has 2 aromatic rings. The van der Waals surface area contributed by atoms with Gasteiger partial charge in [-0.1, -0.05) is 25.1 Å². The third-order valence-electron chi connectivity index (χ3n) is 4.55. The minimum absolute atomic E-state index is 0.0530. The summed E-state index contributed by atoms with van der Waals surface area (Å²) < 4.78 is 1.24. The minimum atomic E-state index is -0.913.